The molecule has 2 aromatic rings. The van der Waals surface area contributed by atoms with E-state index in [1.807, 2.05) is 6.07 Å². The van der Waals surface area contributed by atoms with Gasteiger partial charge in [-0.3, -0.25) is 14.9 Å². The summed E-state index contributed by atoms with van der Waals surface area (Å²) in [6, 6.07) is 16.6. The molecule has 0 bridgehead atoms. The summed E-state index contributed by atoms with van der Waals surface area (Å²) in [5.41, 5.74) is 1.79. The number of nitro benzene ring substituents is 1. The third-order valence-corrected chi connectivity index (χ3v) is 5.11. The highest BCUT2D eigenvalue weighted by Gasteiger charge is 2.20. The molecule has 1 fully saturated rings. The van der Waals surface area contributed by atoms with Crippen molar-refractivity contribution >= 4 is 11.5 Å². The van der Waals surface area contributed by atoms with E-state index in [4.69, 9.17) is 0 Å². The average molecular weight is 352 g/mol. The number of hydrogen-bond donors (Lipinski definition) is 0. The lowest BCUT2D eigenvalue weighted by molar-refractivity contribution is -0.384. The van der Waals surface area contributed by atoms with Crippen LogP contribution in [-0.2, 0) is 6.42 Å². The highest BCUT2D eigenvalue weighted by atomic mass is 16.6. The van der Waals surface area contributed by atoms with Crippen LogP contribution in [0, 0.1) is 16.0 Å². The Morgan fingerprint density at radius 1 is 1.08 bits per heavy atom. The van der Waals surface area contributed by atoms with E-state index in [9.17, 15) is 14.9 Å². The Morgan fingerprint density at radius 2 is 1.81 bits per heavy atom. The van der Waals surface area contributed by atoms with Crippen molar-refractivity contribution in [2.24, 2.45) is 5.92 Å². The van der Waals surface area contributed by atoms with E-state index in [1.165, 1.54) is 17.7 Å². The van der Waals surface area contributed by atoms with Crippen LogP contribution in [0.5, 0.6) is 0 Å². The summed E-state index contributed by atoms with van der Waals surface area (Å²) in [5.74, 6) is 0.682. The molecule has 0 radical (unpaired) electrons. The first kappa shape index (κ1) is 18.3. The number of carbonyl (C=O) groups excluding carboxylic acids is 1. The number of ketones is 1. The highest BCUT2D eigenvalue weighted by molar-refractivity contribution is 5.96. The Morgan fingerprint density at radius 3 is 2.50 bits per heavy atom. The molecule has 5 heteroatoms. The molecule has 5 nitrogen and oxygen atoms in total. The minimum Gasteiger partial charge on any atom is -0.303 e. The second kappa shape index (κ2) is 8.72. The van der Waals surface area contributed by atoms with E-state index in [1.54, 1.807) is 12.1 Å². The molecule has 136 valence electrons. The van der Waals surface area contributed by atoms with E-state index in [0.717, 1.165) is 38.9 Å². The summed E-state index contributed by atoms with van der Waals surface area (Å²) >= 11 is 0. The SMILES string of the molecule is O=C(CCN1CCC(Cc2ccccc2)CC1)c1cccc([N+](=O)[O-])c1. The van der Waals surface area contributed by atoms with Gasteiger partial charge in [-0.05, 0) is 43.8 Å². The van der Waals surface area contributed by atoms with Crippen molar-refractivity contribution in [1.29, 1.82) is 0 Å². The van der Waals surface area contributed by atoms with Crippen LogP contribution < -0.4 is 0 Å². The van der Waals surface area contributed by atoms with Crippen LogP contribution in [0.4, 0.5) is 5.69 Å². The standard InChI is InChI=1S/C21H24N2O3/c24-21(19-7-4-8-20(16-19)23(25)26)11-14-22-12-9-18(10-13-22)15-17-5-2-1-3-6-17/h1-8,16,18H,9-15H2. The van der Waals surface area contributed by atoms with Crippen LogP contribution in [0.3, 0.4) is 0 Å². The van der Waals surface area contributed by atoms with E-state index < -0.39 is 4.92 Å². The maximum absolute atomic E-state index is 12.3. The van der Waals surface area contributed by atoms with Crippen LogP contribution in [0.25, 0.3) is 0 Å². The van der Waals surface area contributed by atoms with Gasteiger partial charge >= 0.3 is 0 Å². The molecule has 3 rings (SSSR count). The Balaban J connectivity index is 1.44. The number of piperidine rings is 1. The molecule has 0 N–H and O–H groups in total. The molecule has 0 atom stereocenters. The first-order valence-electron chi connectivity index (χ1n) is 9.16. The lowest BCUT2D eigenvalue weighted by Gasteiger charge is -2.31. The first-order valence-corrected chi connectivity index (χ1v) is 9.16. The smallest absolute Gasteiger partial charge is 0.270 e. The van der Waals surface area contributed by atoms with E-state index in [0.29, 0.717) is 17.9 Å². The van der Waals surface area contributed by atoms with Gasteiger partial charge in [0.2, 0.25) is 0 Å². The van der Waals surface area contributed by atoms with Crippen LogP contribution in [0.2, 0.25) is 0 Å². The summed E-state index contributed by atoms with van der Waals surface area (Å²) in [6.07, 6.45) is 3.84. The number of carbonyl (C=O) groups is 1. The van der Waals surface area contributed by atoms with Crippen LogP contribution in [0.15, 0.2) is 54.6 Å². The fourth-order valence-electron chi connectivity index (χ4n) is 3.56. The van der Waals surface area contributed by atoms with Gasteiger partial charge in [0.05, 0.1) is 4.92 Å². The lowest BCUT2D eigenvalue weighted by atomic mass is 9.90. The first-order chi connectivity index (χ1) is 12.6. The molecule has 1 aliphatic rings. The number of hydrogen-bond acceptors (Lipinski definition) is 4. The molecule has 0 amide bonds. The highest BCUT2D eigenvalue weighted by Crippen LogP contribution is 2.22. The number of nitrogens with zero attached hydrogens (tertiary/aromatic N) is 2. The zero-order chi connectivity index (χ0) is 18.4. The molecule has 0 saturated carbocycles. The maximum atomic E-state index is 12.3. The molecule has 0 spiro atoms. The molecule has 1 heterocycles. The van der Waals surface area contributed by atoms with Gasteiger partial charge in [0.15, 0.2) is 5.78 Å². The molecular formula is C21H24N2O3. The van der Waals surface area contributed by atoms with Gasteiger partial charge in [0.25, 0.3) is 5.69 Å². The Labute approximate surface area is 153 Å². The fraction of sp³-hybridized carbons (Fsp3) is 0.381. The molecule has 0 aromatic heterocycles. The molecule has 2 aromatic carbocycles. The normalized spacial score (nSPS) is 15.7. The number of nitro groups is 1. The molecular weight excluding hydrogens is 328 g/mol. The van der Waals surface area contributed by atoms with Gasteiger partial charge in [-0.1, -0.05) is 42.5 Å². The zero-order valence-corrected chi connectivity index (χ0v) is 14.8. The van der Waals surface area contributed by atoms with E-state index in [2.05, 4.69) is 29.2 Å². The van der Waals surface area contributed by atoms with Gasteiger partial charge < -0.3 is 4.90 Å². The number of benzene rings is 2. The van der Waals surface area contributed by atoms with Gasteiger partial charge in [-0.15, -0.1) is 0 Å². The Hall–Kier alpha value is -2.53. The molecule has 0 aliphatic carbocycles. The zero-order valence-electron chi connectivity index (χ0n) is 14.8. The minimum atomic E-state index is -0.464. The topological polar surface area (TPSA) is 63.5 Å². The third-order valence-electron chi connectivity index (χ3n) is 5.11. The third kappa shape index (κ3) is 4.99. The predicted octanol–water partition coefficient (Wildman–Crippen LogP) is 4.12. The maximum Gasteiger partial charge on any atom is 0.270 e. The van der Waals surface area contributed by atoms with Gasteiger partial charge in [0, 0.05) is 30.7 Å². The van der Waals surface area contributed by atoms with Crippen molar-refractivity contribution in [2.45, 2.75) is 25.7 Å². The fourth-order valence-corrected chi connectivity index (χ4v) is 3.56. The molecule has 1 saturated heterocycles. The summed E-state index contributed by atoms with van der Waals surface area (Å²) in [5, 5.41) is 10.8. The number of Topliss-reactive ketones (excluding diaryl/α,β-unsaturated/α-hetero) is 1. The lowest BCUT2D eigenvalue weighted by Crippen LogP contribution is -2.35. The van der Waals surface area contributed by atoms with Crippen LogP contribution in [-0.4, -0.2) is 35.2 Å². The van der Waals surface area contributed by atoms with Crippen molar-refractivity contribution in [3.63, 3.8) is 0 Å². The van der Waals surface area contributed by atoms with Crippen LogP contribution in [0.1, 0.15) is 35.2 Å². The number of non-ortho nitro benzene ring substituents is 1. The van der Waals surface area contributed by atoms with Crippen molar-refractivity contribution in [1.82, 2.24) is 4.90 Å². The van der Waals surface area contributed by atoms with Crippen molar-refractivity contribution < 1.29 is 9.72 Å². The van der Waals surface area contributed by atoms with Gasteiger partial charge in [-0.25, -0.2) is 0 Å². The van der Waals surface area contributed by atoms with Crippen LogP contribution >= 0.6 is 0 Å². The second-order valence-corrected chi connectivity index (χ2v) is 6.96. The van der Waals surface area contributed by atoms with Crippen molar-refractivity contribution in [3.8, 4) is 0 Å². The summed E-state index contributed by atoms with van der Waals surface area (Å²) in [4.78, 5) is 25.0. The number of likely N-dealkylation sites (tertiary alicyclic amines) is 1. The predicted molar refractivity (Wildman–Crippen MR) is 101 cm³/mol. The second-order valence-electron chi connectivity index (χ2n) is 6.96. The van der Waals surface area contributed by atoms with Gasteiger partial charge in [-0.2, -0.15) is 0 Å². The summed E-state index contributed by atoms with van der Waals surface area (Å²) < 4.78 is 0. The van der Waals surface area contributed by atoms with Gasteiger partial charge in [0.1, 0.15) is 0 Å². The summed E-state index contributed by atoms with van der Waals surface area (Å²) in [6.45, 7) is 2.75. The Kier molecular flexibility index (Phi) is 6.12. The molecule has 1 aliphatic heterocycles. The number of rotatable bonds is 7. The summed E-state index contributed by atoms with van der Waals surface area (Å²) in [7, 11) is 0. The molecule has 26 heavy (non-hydrogen) atoms. The largest absolute Gasteiger partial charge is 0.303 e. The van der Waals surface area contributed by atoms with E-state index in [-0.39, 0.29) is 11.5 Å². The quantitative estimate of drug-likeness (QED) is 0.427. The van der Waals surface area contributed by atoms with Crippen molar-refractivity contribution in [3.05, 3.63) is 75.8 Å². The minimum absolute atomic E-state index is 0.0277. The molecule has 0 unspecified atom stereocenters. The monoisotopic (exact) mass is 352 g/mol. The van der Waals surface area contributed by atoms with Crippen molar-refractivity contribution in [2.75, 3.05) is 19.6 Å². The van der Waals surface area contributed by atoms with E-state index >= 15 is 0 Å². The Bertz CT molecular complexity index is 753. The average Bonchev–Trinajstić information content (AvgIpc) is 2.68.